The van der Waals surface area contributed by atoms with Gasteiger partial charge >= 0.3 is 0 Å². The number of benzene rings is 1. The molecule has 0 aliphatic carbocycles. The van der Waals surface area contributed by atoms with Gasteiger partial charge in [-0.15, -0.1) is 0 Å². The van der Waals surface area contributed by atoms with Crippen molar-refractivity contribution in [3.05, 3.63) is 26.6 Å². The van der Waals surface area contributed by atoms with Crippen molar-refractivity contribution in [2.75, 3.05) is 26.7 Å². The zero-order chi connectivity index (χ0) is 14.3. The predicted octanol–water partition coefficient (Wildman–Crippen LogP) is 2.28. The molecule has 0 aliphatic rings. The van der Waals surface area contributed by atoms with E-state index in [0.717, 1.165) is 39.9 Å². The molecule has 19 heavy (non-hydrogen) atoms. The average molecular weight is 396 g/mol. The van der Waals surface area contributed by atoms with Gasteiger partial charge in [0.1, 0.15) is 5.75 Å². The fourth-order valence-electron chi connectivity index (χ4n) is 1.68. The molecule has 0 unspecified atom stereocenters. The number of hydrogen-bond acceptors (Lipinski definition) is 4. The van der Waals surface area contributed by atoms with Gasteiger partial charge < -0.3 is 20.5 Å². The van der Waals surface area contributed by atoms with Gasteiger partial charge in [-0.05, 0) is 35.0 Å². The minimum absolute atomic E-state index is 0.305. The lowest BCUT2D eigenvalue weighted by molar-refractivity contribution is 0.191. The molecule has 1 atom stereocenters. The number of aliphatic hydroxyl groups is 1. The molecule has 0 heterocycles. The van der Waals surface area contributed by atoms with Gasteiger partial charge in [-0.2, -0.15) is 0 Å². The van der Waals surface area contributed by atoms with E-state index in [2.05, 4.69) is 42.5 Å². The summed E-state index contributed by atoms with van der Waals surface area (Å²) in [5.74, 6) is 0.854. The van der Waals surface area contributed by atoms with Crippen LogP contribution in [0.5, 0.6) is 5.75 Å². The molecule has 0 spiro atoms. The Morgan fingerprint density at radius 2 is 1.95 bits per heavy atom. The van der Waals surface area contributed by atoms with Gasteiger partial charge in [-0.25, -0.2) is 0 Å². The summed E-state index contributed by atoms with van der Waals surface area (Å²) in [6, 6.07) is 4.01. The molecule has 0 aromatic heterocycles. The van der Waals surface area contributed by atoms with Gasteiger partial charge in [0.05, 0.1) is 17.7 Å². The summed E-state index contributed by atoms with van der Waals surface area (Å²) >= 11 is 6.96. The topological polar surface area (TPSA) is 53.5 Å². The van der Waals surface area contributed by atoms with E-state index in [1.54, 1.807) is 14.0 Å². The Hall–Kier alpha value is -0.140. The first-order valence-corrected chi connectivity index (χ1v) is 7.74. The molecule has 3 N–H and O–H groups in total. The summed E-state index contributed by atoms with van der Waals surface area (Å²) in [6.07, 6.45) is -0.305. The Labute approximate surface area is 131 Å². The second-order valence-electron chi connectivity index (χ2n) is 4.31. The molecule has 0 aliphatic heterocycles. The largest absolute Gasteiger partial charge is 0.495 e. The van der Waals surface area contributed by atoms with Crippen molar-refractivity contribution in [1.82, 2.24) is 10.6 Å². The monoisotopic (exact) mass is 394 g/mol. The lowest BCUT2D eigenvalue weighted by atomic mass is 10.2. The molecule has 0 saturated heterocycles. The minimum Gasteiger partial charge on any atom is -0.495 e. The van der Waals surface area contributed by atoms with E-state index in [9.17, 15) is 0 Å². The third kappa shape index (κ3) is 6.23. The molecular weight excluding hydrogens is 376 g/mol. The van der Waals surface area contributed by atoms with Crippen molar-refractivity contribution in [1.29, 1.82) is 0 Å². The normalized spacial score (nSPS) is 12.5. The Kier molecular flexibility index (Phi) is 7.94. The van der Waals surface area contributed by atoms with E-state index >= 15 is 0 Å². The highest BCUT2D eigenvalue weighted by Crippen LogP contribution is 2.32. The van der Waals surface area contributed by atoms with Crippen molar-refractivity contribution < 1.29 is 9.84 Å². The quantitative estimate of drug-likeness (QED) is 0.591. The van der Waals surface area contributed by atoms with Crippen LogP contribution < -0.4 is 15.4 Å². The molecular formula is C13H20Br2N2O2. The number of halogens is 2. The summed E-state index contributed by atoms with van der Waals surface area (Å²) in [7, 11) is 1.67. The maximum absolute atomic E-state index is 9.11. The van der Waals surface area contributed by atoms with E-state index in [1.807, 2.05) is 12.1 Å². The third-order valence-electron chi connectivity index (χ3n) is 2.52. The summed E-state index contributed by atoms with van der Waals surface area (Å²) in [5.41, 5.74) is 1.10. The minimum atomic E-state index is -0.305. The standard InChI is InChI=1S/C13H20Br2N2O2/c1-9(18)7-16-3-4-17-8-10-5-11(14)6-12(15)13(10)19-2/h5-6,9,16-18H,3-4,7-8H2,1-2H3/t9-/m1/s1. The van der Waals surface area contributed by atoms with Crippen molar-refractivity contribution in [3.8, 4) is 5.75 Å². The van der Waals surface area contributed by atoms with Crippen LogP contribution in [0.2, 0.25) is 0 Å². The van der Waals surface area contributed by atoms with Crippen LogP contribution in [0, 0.1) is 0 Å². The van der Waals surface area contributed by atoms with E-state index in [-0.39, 0.29) is 6.10 Å². The molecule has 1 aromatic rings. The summed E-state index contributed by atoms with van der Waals surface area (Å²) < 4.78 is 7.34. The molecule has 6 heteroatoms. The van der Waals surface area contributed by atoms with E-state index in [0.29, 0.717) is 6.54 Å². The van der Waals surface area contributed by atoms with E-state index in [4.69, 9.17) is 9.84 Å². The lowest BCUT2D eigenvalue weighted by Gasteiger charge is -2.13. The second kappa shape index (κ2) is 8.92. The van der Waals surface area contributed by atoms with Crippen molar-refractivity contribution in [2.24, 2.45) is 0 Å². The highest BCUT2D eigenvalue weighted by atomic mass is 79.9. The Balaban J connectivity index is 2.40. The summed E-state index contributed by atoms with van der Waals surface area (Å²) in [4.78, 5) is 0. The molecule has 1 rings (SSSR count). The molecule has 0 radical (unpaired) electrons. The van der Waals surface area contributed by atoms with Crippen molar-refractivity contribution in [3.63, 3.8) is 0 Å². The maximum atomic E-state index is 9.11. The van der Waals surface area contributed by atoms with Crippen LogP contribution in [-0.4, -0.2) is 38.0 Å². The first kappa shape index (κ1) is 16.9. The number of nitrogens with one attached hydrogen (secondary N) is 2. The van der Waals surface area contributed by atoms with Gasteiger partial charge in [0.15, 0.2) is 0 Å². The van der Waals surface area contributed by atoms with Crippen LogP contribution in [0.1, 0.15) is 12.5 Å². The third-order valence-corrected chi connectivity index (χ3v) is 3.57. The fraction of sp³-hybridized carbons (Fsp3) is 0.538. The Morgan fingerprint density at radius 1 is 1.26 bits per heavy atom. The van der Waals surface area contributed by atoms with Gasteiger partial charge in [0.2, 0.25) is 0 Å². The van der Waals surface area contributed by atoms with Gasteiger partial charge in [0, 0.05) is 36.2 Å². The first-order valence-electron chi connectivity index (χ1n) is 6.16. The Bertz CT molecular complexity index is 400. The zero-order valence-electron chi connectivity index (χ0n) is 11.2. The van der Waals surface area contributed by atoms with Crippen LogP contribution in [0.25, 0.3) is 0 Å². The maximum Gasteiger partial charge on any atom is 0.137 e. The predicted molar refractivity (Wildman–Crippen MR) is 84.7 cm³/mol. The van der Waals surface area contributed by atoms with Gasteiger partial charge in [-0.1, -0.05) is 15.9 Å². The molecule has 0 saturated carbocycles. The number of methoxy groups -OCH3 is 1. The highest BCUT2D eigenvalue weighted by Gasteiger charge is 2.08. The van der Waals surface area contributed by atoms with Crippen LogP contribution in [0.15, 0.2) is 21.1 Å². The Morgan fingerprint density at radius 3 is 2.58 bits per heavy atom. The lowest BCUT2D eigenvalue weighted by Crippen LogP contribution is -2.31. The van der Waals surface area contributed by atoms with Crippen LogP contribution in [0.4, 0.5) is 0 Å². The SMILES string of the molecule is COc1c(Br)cc(Br)cc1CNCCNC[C@@H](C)O. The molecule has 0 amide bonds. The smallest absolute Gasteiger partial charge is 0.137 e. The van der Waals surface area contributed by atoms with Gasteiger partial charge in [0.25, 0.3) is 0 Å². The van der Waals surface area contributed by atoms with Gasteiger partial charge in [-0.3, -0.25) is 0 Å². The van der Waals surface area contributed by atoms with E-state index < -0.39 is 0 Å². The molecule has 0 bridgehead atoms. The molecule has 1 aromatic carbocycles. The first-order chi connectivity index (χ1) is 9.04. The zero-order valence-corrected chi connectivity index (χ0v) is 14.3. The van der Waals surface area contributed by atoms with E-state index in [1.165, 1.54) is 0 Å². The molecule has 108 valence electrons. The highest BCUT2D eigenvalue weighted by molar-refractivity contribution is 9.11. The fourth-order valence-corrected chi connectivity index (χ4v) is 3.16. The van der Waals surface area contributed by atoms with Crippen LogP contribution in [0.3, 0.4) is 0 Å². The number of ether oxygens (including phenoxy) is 1. The van der Waals surface area contributed by atoms with Crippen LogP contribution in [-0.2, 0) is 6.54 Å². The van der Waals surface area contributed by atoms with Crippen LogP contribution >= 0.6 is 31.9 Å². The summed E-state index contributed by atoms with van der Waals surface area (Å²) in [6.45, 7) is 4.78. The number of hydrogen-bond donors (Lipinski definition) is 3. The number of rotatable bonds is 8. The molecule has 0 fully saturated rings. The number of aliphatic hydroxyl groups excluding tert-OH is 1. The van der Waals surface area contributed by atoms with Crippen molar-refractivity contribution >= 4 is 31.9 Å². The average Bonchev–Trinajstić information content (AvgIpc) is 2.32. The molecule has 4 nitrogen and oxygen atoms in total. The second-order valence-corrected chi connectivity index (χ2v) is 6.08. The summed E-state index contributed by atoms with van der Waals surface area (Å²) in [5, 5.41) is 15.6. The van der Waals surface area contributed by atoms with Crippen molar-refractivity contribution in [2.45, 2.75) is 19.6 Å².